The van der Waals surface area contributed by atoms with Crippen molar-refractivity contribution in [1.29, 1.82) is 0 Å². The Bertz CT molecular complexity index is 418. The first-order chi connectivity index (χ1) is 8.69. The Morgan fingerprint density at radius 1 is 1.44 bits per heavy atom. The second kappa shape index (κ2) is 6.21. The normalized spacial score (nSPS) is 14.6. The molecule has 0 atom stereocenters. The van der Waals surface area contributed by atoms with Gasteiger partial charge < -0.3 is 10.0 Å². The first kappa shape index (κ1) is 13.4. The number of nitrogens with zero attached hydrogens (tertiary/aromatic N) is 1. The van der Waals surface area contributed by atoms with Gasteiger partial charge in [-0.1, -0.05) is 23.7 Å². The van der Waals surface area contributed by atoms with Crippen molar-refractivity contribution in [2.45, 2.75) is 25.8 Å². The average molecular weight is 268 g/mol. The monoisotopic (exact) mass is 267 g/mol. The van der Waals surface area contributed by atoms with Crippen LogP contribution in [0.4, 0.5) is 0 Å². The second-order valence-corrected chi connectivity index (χ2v) is 5.25. The zero-order valence-corrected chi connectivity index (χ0v) is 11.1. The Kier molecular flexibility index (Phi) is 4.61. The first-order valence-corrected chi connectivity index (χ1v) is 6.70. The molecule has 0 bridgehead atoms. The van der Waals surface area contributed by atoms with Gasteiger partial charge in [-0.05, 0) is 36.5 Å². The predicted octanol–water partition coefficient (Wildman–Crippen LogP) is 2.46. The molecule has 0 aromatic heterocycles. The number of benzene rings is 1. The summed E-state index contributed by atoms with van der Waals surface area (Å²) >= 11 is 5.93. The topological polar surface area (TPSA) is 40.5 Å². The predicted molar refractivity (Wildman–Crippen MR) is 71.3 cm³/mol. The molecule has 98 valence electrons. The minimum absolute atomic E-state index is 0.00300. The lowest BCUT2D eigenvalue weighted by atomic mass is 10.2. The molecule has 2 rings (SSSR count). The summed E-state index contributed by atoms with van der Waals surface area (Å²) in [6.07, 6.45) is 2.94. The molecule has 1 fully saturated rings. The Hall–Kier alpha value is -1.06. The lowest BCUT2D eigenvalue weighted by Crippen LogP contribution is -2.33. The van der Waals surface area contributed by atoms with Crippen LogP contribution >= 0.6 is 11.6 Å². The summed E-state index contributed by atoms with van der Waals surface area (Å²) in [5.74, 6) is 0.699. The van der Waals surface area contributed by atoms with Crippen molar-refractivity contribution in [3.63, 3.8) is 0 Å². The van der Waals surface area contributed by atoms with E-state index in [9.17, 15) is 4.79 Å². The number of hydrogen-bond acceptors (Lipinski definition) is 2. The van der Waals surface area contributed by atoms with Gasteiger partial charge in [-0.2, -0.15) is 0 Å². The molecule has 0 unspecified atom stereocenters. The maximum atomic E-state index is 12.1. The Labute approximate surface area is 112 Å². The van der Waals surface area contributed by atoms with Gasteiger partial charge in [-0.25, -0.2) is 0 Å². The van der Waals surface area contributed by atoms with Crippen LogP contribution in [0.25, 0.3) is 0 Å². The van der Waals surface area contributed by atoms with E-state index in [-0.39, 0.29) is 12.5 Å². The van der Waals surface area contributed by atoms with E-state index in [1.807, 2.05) is 24.3 Å². The zero-order valence-electron chi connectivity index (χ0n) is 10.3. The summed E-state index contributed by atoms with van der Waals surface area (Å²) in [5, 5.41) is 9.72. The lowest BCUT2D eigenvalue weighted by molar-refractivity contribution is -0.132. The minimum atomic E-state index is -0.00300. The highest BCUT2D eigenvalue weighted by molar-refractivity contribution is 6.30. The molecule has 3 nitrogen and oxygen atoms in total. The van der Waals surface area contributed by atoms with Crippen molar-refractivity contribution in [2.75, 3.05) is 13.2 Å². The summed E-state index contributed by atoms with van der Waals surface area (Å²) in [6.45, 7) is 0.904. The second-order valence-electron chi connectivity index (χ2n) is 4.82. The Morgan fingerprint density at radius 3 is 2.83 bits per heavy atom. The van der Waals surface area contributed by atoms with E-state index >= 15 is 0 Å². The van der Waals surface area contributed by atoms with Crippen molar-refractivity contribution < 1.29 is 9.90 Å². The van der Waals surface area contributed by atoms with E-state index in [0.29, 0.717) is 30.5 Å². The number of carbonyl (C=O) groups is 1. The van der Waals surface area contributed by atoms with E-state index in [0.717, 1.165) is 18.4 Å². The molecular weight excluding hydrogens is 250 g/mol. The fourth-order valence-electron chi connectivity index (χ4n) is 1.97. The maximum Gasteiger partial charge on any atom is 0.223 e. The van der Waals surface area contributed by atoms with Crippen LogP contribution in [0.2, 0.25) is 5.02 Å². The van der Waals surface area contributed by atoms with Crippen molar-refractivity contribution in [2.24, 2.45) is 5.92 Å². The number of amides is 1. The molecule has 18 heavy (non-hydrogen) atoms. The molecule has 0 saturated heterocycles. The van der Waals surface area contributed by atoms with Crippen LogP contribution in [0, 0.1) is 5.92 Å². The molecule has 0 radical (unpaired) electrons. The third kappa shape index (κ3) is 4.00. The number of carbonyl (C=O) groups excluding carboxylic acids is 1. The van der Waals surface area contributed by atoms with Crippen molar-refractivity contribution in [3.05, 3.63) is 34.9 Å². The Morgan fingerprint density at radius 2 is 2.22 bits per heavy atom. The van der Waals surface area contributed by atoms with Gasteiger partial charge in [0.2, 0.25) is 5.91 Å². The van der Waals surface area contributed by atoms with E-state index < -0.39 is 0 Å². The van der Waals surface area contributed by atoms with Crippen molar-refractivity contribution in [3.8, 4) is 0 Å². The quantitative estimate of drug-likeness (QED) is 0.860. The standard InChI is InChI=1S/C14H18ClNO2/c15-13-3-1-2-12(8-13)10-16(6-7-17)14(18)9-11-4-5-11/h1-3,8,11,17H,4-7,9-10H2. The number of rotatable bonds is 6. The molecule has 0 aliphatic heterocycles. The summed E-state index contributed by atoms with van der Waals surface area (Å²) < 4.78 is 0. The van der Waals surface area contributed by atoms with Gasteiger partial charge in [0.1, 0.15) is 0 Å². The molecule has 0 heterocycles. The maximum absolute atomic E-state index is 12.1. The smallest absolute Gasteiger partial charge is 0.223 e. The molecule has 4 heteroatoms. The molecule has 1 aliphatic carbocycles. The highest BCUT2D eigenvalue weighted by Gasteiger charge is 2.26. The first-order valence-electron chi connectivity index (χ1n) is 6.32. The minimum Gasteiger partial charge on any atom is -0.395 e. The molecular formula is C14H18ClNO2. The lowest BCUT2D eigenvalue weighted by Gasteiger charge is -2.22. The summed E-state index contributed by atoms with van der Waals surface area (Å²) in [4.78, 5) is 13.8. The molecule has 1 aromatic rings. The summed E-state index contributed by atoms with van der Waals surface area (Å²) in [7, 11) is 0. The van der Waals surface area contributed by atoms with E-state index in [4.69, 9.17) is 16.7 Å². The van der Waals surface area contributed by atoms with Gasteiger partial charge in [0.05, 0.1) is 6.61 Å². The van der Waals surface area contributed by atoms with Gasteiger partial charge >= 0.3 is 0 Å². The van der Waals surface area contributed by atoms with Crippen LogP contribution in [-0.2, 0) is 11.3 Å². The molecule has 0 spiro atoms. The van der Waals surface area contributed by atoms with Crippen LogP contribution in [-0.4, -0.2) is 29.1 Å². The third-order valence-electron chi connectivity index (χ3n) is 3.15. The highest BCUT2D eigenvalue weighted by atomic mass is 35.5. The van der Waals surface area contributed by atoms with E-state index in [1.54, 1.807) is 4.90 Å². The van der Waals surface area contributed by atoms with Crippen LogP contribution in [0.5, 0.6) is 0 Å². The zero-order chi connectivity index (χ0) is 13.0. The van der Waals surface area contributed by atoms with Gasteiger partial charge in [0, 0.05) is 24.5 Å². The van der Waals surface area contributed by atoms with Crippen LogP contribution < -0.4 is 0 Å². The van der Waals surface area contributed by atoms with E-state index in [1.165, 1.54) is 0 Å². The Balaban J connectivity index is 1.97. The largest absolute Gasteiger partial charge is 0.395 e. The highest BCUT2D eigenvalue weighted by Crippen LogP contribution is 2.33. The molecule has 1 aromatic carbocycles. The van der Waals surface area contributed by atoms with Gasteiger partial charge in [0.15, 0.2) is 0 Å². The fraction of sp³-hybridized carbons (Fsp3) is 0.500. The fourth-order valence-corrected chi connectivity index (χ4v) is 2.18. The van der Waals surface area contributed by atoms with Crippen LogP contribution in [0.3, 0.4) is 0 Å². The van der Waals surface area contributed by atoms with E-state index in [2.05, 4.69) is 0 Å². The average Bonchev–Trinajstić information content (AvgIpc) is 3.12. The van der Waals surface area contributed by atoms with Gasteiger partial charge in [-0.15, -0.1) is 0 Å². The molecule has 1 N–H and O–H groups in total. The van der Waals surface area contributed by atoms with Crippen molar-refractivity contribution >= 4 is 17.5 Å². The summed E-state index contributed by atoms with van der Waals surface area (Å²) in [5.41, 5.74) is 1.00. The van der Waals surface area contributed by atoms with Crippen LogP contribution in [0.15, 0.2) is 24.3 Å². The number of aliphatic hydroxyl groups excluding tert-OH is 1. The van der Waals surface area contributed by atoms with Crippen LogP contribution in [0.1, 0.15) is 24.8 Å². The molecule has 1 saturated carbocycles. The third-order valence-corrected chi connectivity index (χ3v) is 3.38. The number of aliphatic hydroxyl groups is 1. The van der Waals surface area contributed by atoms with Crippen molar-refractivity contribution in [1.82, 2.24) is 4.90 Å². The molecule has 1 amide bonds. The number of halogens is 1. The SMILES string of the molecule is O=C(CC1CC1)N(CCO)Cc1cccc(Cl)c1. The van der Waals surface area contributed by atoms with Gasteiger partial charge in [0.25, 0.3) is 0 Å². The summed E-state index contributed by atoms with van der Waals surface area (Å²) in [6, 6.07) is 7.49. The molecule has 1 aliphatic rings. The number of hydrogen-bond donors (Lipinski definition) is 1. The van der Waals surface area contributed by atoms with Gasteiger partial charge in [-0.3, -0.25) is 4.79 Å².